The van der Waals surface area contributed by atoms with Crippen molar-refractivity contribution < 1.29 is 4.79 Å². The van der Waals surface area contributed by atoms with Crippen molar-refractivity contribution in [1.29, 1.82) is 5.26 Å². The molecule has 8 nitrogen and oxygen atoms in total. The van der Waals surface area contributed by atoms with Crippen molar-refractivity contribution in [1.82, 2.24) is 19.4 Å². The fraction of sp³-hybridized carbons (Fsp3) is 0.333. The molecule has 1 aliphatic carbocycles. The number of nitrogens with two attached hydrogens (primary N) is 1. The molecule has 0 bridgehead atoms. The molecule has 0 aliphatic heterocycles. The van der Waals surface area contributed by atoms with Crippen molar-refractivity contribution in [2.45, 2.75) is 38.1 Å². The molecule has 132 valence electrons. The summed E-state index contributed by atoms with van der Waals surface area (Å²) in [5, 5.41) is 20.3. The number of nitrogens with one attached hydrogen (secondary N) is 1. The number of hydrogen-bond donors (Lipinski definition) is 2. The number of carbonyl (C=O) groups is 1. The van der Waals surface area contributed by atoms with Crippen molar-refractivity contribution in [2.24, 2.45) is 0 Å². The third-order valence-electron chi connectivity index (χ3n) is 4.82. The van der Waals surface area contributed by atoms with Crippen LogP contribution in [-0.4, -0.2) is 25.3 Å². The van der Waals surface area contributed by atoms with Gasteiger partial charge in [0.05, 0.1) is 29.5 Å². The standard InChI is InChI=1S/C18H19N7O/c19-9-12-8-14-6-7-16(25(14)21-10-12)18(26)22-15-11-24(23-17(15)20)13-4-2-1-3-5-13/h6-8,10-11,13H,1-5H2,(H2,20,23)(H,22,26). The molecule has 0 unspecified atom stereocenters. The molecule has 0 radical (unpaired) electrons. The Labute approximate surface area is 150 Å². The van der Waals surface area contributed by atoms with Crippen LogP contribution in [0.15, 0.2) is 30.6 Å². The number of hydrogen-bond acceptors (Lipinski definition) is 5. The van der Waals surface area contributed by atoms with Crippen LogP contribution in [0.1, 0.15) is 54.2 Å². The summed E-state index contributed by atoms with van der Waals surface area (Å²) in [5.41, 5.74) is 7.99. The van der Waals surface area contributed by atoms with Crippen LogP contribution in [0.2, 0.25) is 0 Å². The Morgan fingerprint density at radius 3 is 2.88 bits per heavy atom. The first kappa shape index (κ1) is 16.1. The van der Waals surface area contributed by atoms with Crippen molar-refractivity contribution in [3.05, 3.63) is 41.9 Å². The number of fused-ring (bicyclic) bond motifs is 1. The minimum Gasteiger partial charge on any atom is -0.380 e. The minimum absolute atomic E-state index is 0.310. The molecule has 3 N–H and O–H groups in total. The van der Waals surface area contributed by atoms with Gasteiger partial charge in [-0.15, -0.1) is 0 Å². The average Bonchev–Trinajstić information content (AvgIpc) is 3.25. The van der Waals surface area contributed by atoms with E-state index in [2.05, 4.69) is 15.5 Å². The van der Waals surface area contributed by atoms with Gasteiger partial charge in [0.1, 0.15) is 17.5 Å². The molecule has 0 atom stereocenters. The van der Waals surface area contributed by atoms with Crippen LogP contribution in [0.3, 0.4) is 0 Å². The van der Waals surface area contributed by atoms with Gasteiger partial charge in [-0.3, -0.25) is 9.48 Å². The first-order valence-electron chi connectivity index (χ1n) is 8.69. The van der Waals surface area contributed by atoms with Gasteiger partial charge in [-0.05, 0) is 31.0 Å². The number of nitrogen functional groups attached to an aromatic ring is 1. The fourth-order valence-corrected chi connectivity index (χ4v) is 3.45. The van der Waals surface area contributed by atoms with Gasteiger partial charge in [-0.1, -0.05) is 19.3 Å². The van der Waals surface area contributed by atoms with E-state index in [0.717, 1.165) is 12.8 Å². The Balaban J connectivity index is 1.57. The second kappa shape index (κ2) is 6.52. The lowest BCUT2D eigenvalue weighted by Crippen LogP contribution is -2.16. The number of nitrogens with zero attached hydrogens (tertiary/aromatic N) is 5. The summed E-state index contributed by atoms with van der Waals surface area (Å²) in [4.78, 5) is 12.7. The first-order chi connectivity index (χ1) is 12.7. The maximum absolute atomic E-state index is 12.7. The molecule has 4 rings (SSSR count). The maximum Gasteiger partial charge on any atom is 0.274 e. The predicted molar refractivity (Wildman–Crippen MR) is 96.6 cm³/mol. The first-order valence-corrected chi connectivity index (χ1v) is 8.69. The molecule has 3 aromatic rings. The van der Waals surface area contributed by atoms with Crippen LogP contribution >= 0.6 is 0 Å². The summed E-state index contributed by atoms with van der Waals surface area (Å²) in [7, 11) is 0. The second-order valence-corrected chi connectivity index (χ2v) is 6.57. The van der Waals surface area contributed by atoms with E-state index >= 15 is 0 Å². The lowest BCUT2D eigenvalue weighted by atomic mass is 9.96. The summed E-state index contributed by atoms with van der Waals surface area (Å²) < 4.78 is 3.37. The van der Waals surface area contributed by atoms with Gasteiger partial charge in [-0.2, -0.15) is 15.5 Å². The molecule has 3 heterocycles. The van der Waals surface area contributed by atoms with E-state index in [1.54, 1.807) is 24.4 Å². The summed E-state index contributed by atoms with van der Waals surface area (Å²) in [5.74, 6) is -0.0124. The Morgan fingerprint density at radius 2 is 2.12 bits per heavy atom. The molecule has 1 amide bonds. The van der Waals surface area contributed by atoms with Crippen molar-refractivity contribution in [3.8, 4) is 6.07 Å². The van der Waals surface area contributed by atoms with Gasteiger partial charge < -0.3 is 11.1 Å². The number of amides is 1. The monoisotopic (exact) mass is 349 g/mol. The van der Waals surface area contributed by atoms with Gasteiger partial charge in [0, 0.05) is 0 Å². The highest BCUT2D eigenvalue weighted by Gasteiger charge is 2.20. The zero-order valence-electron chi connectivity index (χ0n) is 14.2. The zero-order valence-corrected chi connectivity index (χ0v) is 14.2. The van der Waals surface area contributed by atoms with E-state index in [9.17, 15) is 4.79 Å². The minimum atomic E-state index is -0.322. The zero-order chi connectivity index (χ0) is 18.1. The van der Waals surface area contributed by atoms with Gasteiger partial charge >= 0.3 is 0 Å². The Kier molecular flexibility index (Phi) is 4.05. The molecular weight excluding hydrogens is 330 g/mol. The normalized spacial score (nSPS) is 15.0. The Morgan fingerprint density at radius 1 is 1.31 bits per heavy atom. The van der Waals surface area contributed by atoms with Crippen LogP contribution in [0.25, 0.3) is 5.52 Å². The summed E-state index contributed by atoms with van der Waals surface area (Å²) in [6, 6.07) is 7.47. The number of anilines is 2. The summed E-state index contributed by atoms with van der Waals surface area (Å²) in [6.45, 7) is 0. The van der Waals surface area contributed by atoms with E-state index in [1.165, 1.54) is 30.0 Å². The lowest BCUT2D eigenvalue weighted by Gasteiger charge is -2.21. The molecule has 1 fully saturated rings. The number of aromatic nitrogens is 4. The highest BCUT2D eigenvalue weighted by molar-refractivity contribution is 6.05. The molecular formula is C18H19N7O. The van der Waals surface area contributed by atoms with Crippen LogP contribution in [0, 0.1) is 11.3 Å². The lowest BCUT2D eigenvalue weighted by molar-refractivity contribution is 0.102. The molecule has 26 heavy (non-hydrogen) atoms. The van der Waals surface area contributed by atoms with Gasteiger partial charge in [0.25, 0.3) is 5.91 Å². The van der Waals surface area contributed by atoms with Gasteiger partial charge in [0.2, 0.25) is 0 Å². The Bertz CT molecular complexity index is 1000. The highest BCUT2D eigenvalue weighted by Crippen LogP contribution is 2.30. The largest absolute Gasteiger partial charge is 0.380 e. The Hall–Kier alpha value is -3.34. The van der Waals surface area contributed by atoms with Crippen molar-refractivity contribution >= 4 is 22.9 Å². The van der Waals surface area contributed by atoms with Crippen LogP contribution in [0.5, 0.6) is 0 Å². The molecule has 0 spiro atoms. The van der Waals surface area contributed by atoms with E-state index in [4.69, 9.17) is 11.0 Å². The molecule has 3 aromatic heterocycles. The third-order valence-corrected chi connectivity index (χ3v) is 4.82. The van der Waals surface area contributed by atoms with Crippen LogP contribution < -0.4 is 11.1 Å². The van der Waals surface area contributed by atoms with Crippen molar-refractivity contribution in [3.63, 3.8) is 0 Å². The maximum atomic E-state index is 12.7. The highest BCUT2D eigenvalue weighted by atomic mass is 16.2. The summed E-state index contributed by atoms with van der Waals surface area (Å²) in [6.07, 6.45) is 9.06. The van der Waals surface area contributed by atoms with Gasteiger partial charge in [-0.25, -0.2) is 4.52 Å². The van der Waals surface area contributed by atoms with Crippen molar-refractivity contribution in [2.75, 3.05) is 11.1 Å². The average molecular weight is 349 g/mol. The van der Waals surface area contributed by atoms with E-state index in [-0.39, 0.29) is 5.91 Å². The van der Waals surface area contributed by atoms with Gasteiger partial charge in [0.15, 0.2) is 5.82 Å². The number of rotatable bonds is 3. The summed E-state index contributed by atoms with van der Waals surface area (Å²) >= 11 is 0. The van der Waals surface area contributed by atoms with E-state index in [1.807, 2.05) is 10.8 Å². The number of nitriles is 1. The quantitative estimate of drug-likeness (QED) is 0.754. The van der Waals surface area contributed by atoms with E-state index < -0.39 is 0 Å². The third kappa shape index (κ3) is 2.88. The second-order valence-electron chi connectivity index (χ2n) is 6.57. The van der Waals surface area contributed by atoms with Crippen LogP contribution in [0.4, 0.5) is 11.5 Å². The molecule has 1 saturated carbocycles. The fourth-order valence-electron chi connectivity index (χ4n) is 3.45. The van der Waals surface area contributed by atoms with Crippen LogP contribution in [-0.2, 0) is 0 Å². The van der Waals surface area contributed by atoms with E-state index in [0.29, 0.717) is 34.3 Å². The molecule has 0 aromatic carbocycles. The predicted octanol–water partition coefficient (Wildman–Crippen LogP) is 2.74. The molecule has 8 heteroatoms. The SMILES string of the molecule is N#Cc1cnn2c(C(=O)Nc3cn(C4CCCCC4)nc3N)ccc2c1. The molecule has 0 saturated heterocycles. The smallest absolute Gasteiger partial charge is 0.274 e. The number of carbonyl (C=O) groups excluding carboxylic acids is 1. The topological polar surface area (TPSA) is 114 Å². The molecule has 1 aliphatic rings.